The van der Waals surface area contributed by atoms with Crippen LogP contribution in [0.4, 0.5) is 0 Å². The van der Waals surface area contributed by atoms with Gasteiger partial charge in [-0.25, -0.2) is 0 Å². The minimum Gasteiger partial charge on any atom is -0.486 e. The Labute approximate surface area is 141 Å². The van der Waals surface area contributed by atoms with E-state index in [4.69, 9.17) is 9.47 Å². The summed E-state index contributed by atoms with van der Waals surface area (Å²) in [5.74, 6) is 0.306. The molecule has 1 saturated heterocycles. The van der Waals surface area contributed by atoms with Crippen molar-refractivity contribution in [2.45, 2.75) is 13.0 Å². The van der Waals surface area contributed by atoms with Gasteiger partial charge >= 0.3 is 11.8 Å². The molecule has 2 aliphatic rings. The van der Waals surface area contributed by atoms with Crippen LogP contribution in [0.25, 0.3) is 0 Å². The number of hydrogen-bond donors (Lipinski definition) is 1. The van der Waals surface area contributed by atoms with Crippen LogP contribution in [0.5, 0.6) is 11.5 Å². The Kier molecular flexibility index (Phi) is 5.20. The van der Waals surface area contributed by atoms with Crippen molar-refractivity contribution in [1.82, 2.24) is 15.1 Å². The highest BCUT2D eigenvalue weighted by molar-refractivity contribution is 6.35. The second kappa shape index (κ2) is 7.53. The molecule has 1 aromatic carbocycles. The van der Waals surface area contributed by atoms with E-state index >= 15 is 0 Å². The molecular formula is C17H23N3O4. The molecule has 1 aromatic rings. The predicted molar refractivity (Wildman–Crippen MR) is 88.1 cm³/mol. The maximum atomic E-state index is 12.2. The molecule has 1 atom stereocenters. The molecule has 0 spiro atoms. The van der Waals surface area contributed by atoms with E-state index in [1.54, 1.807) is 4.90 Å². The van der Waals surface area contributed by atoms with E-state index in [9.17, 15) is 9.59 Å². The molecule has 7 heteroatoms. The van der Waals surface area contributed by atoms with E-state index in [2.05, 4.69) is 17.1 Å². The van der Waals surface area contributed by atoms with Crippen molar-refractivity contribution in [3.05, 3.63) is 24.3 Å². The van der Waals surface area contributed by atoms with E-state index in [0.717, 1.165) is 19.6 Å². The summed E-state index contributed by atoms with van der Waals surface area (Å²) in [6.45, 7) is 6.46. The largest absolute Gasteiger partial charge is 0.486 e. The van der Waals surface area contributed by atoms with Gasteiger partial charge in [-0.3, -0.25) is 9.59 Å². The van der Waals surface area contributed by atoms with E-state index in [-0.39, 0.29) is 12.6 Å². The number of nitrogens with one attached hydrogen (secondary N) is 1. The molecule has 1 N–H and O–H groups in total. The number of benzene rings is 1. The minimum absolute atomic E-state index is 0.244. The molecule has 0 aliphatic carbocycles. The smallest absolute Gasteiger partial charge is 0.311 e. The first kappa shape index (κ1) is 16.6. The fourth-order valence-electron chi connectivity index (χ4n) is 2.86. The molecule has 0 aromatic heterocycles. The Balaban J connectivity index is 1.45. The highest BCUT2D eigenvalue weighted by Gasteiger charge is 2.27. The normalized spacial score (nSPS) is 20.5. The first-order valence-corrected chi connectivity index (χ1v) is 8.35. The molecule has 0 saturated carbocycles. The molecule has 24 heavy (non-hydrogen) atoms. The molecule has 7 nitrogen and oxygen atoms in total. The van der Waals surface area contributed by atoms with Gasteiger partial charge in [0.15, 0.2) is 11.5 Å². The predicted octanol–water partition coefficient (Wildman–Crippen LogP) is 0.107. The number of carbonyl (C=O) groups excluding carboxylic acids is 2. The first-order valence-electron chi connectivity index (χ1n) is 8.35. The Morgan fingerprint density at radius 2 is 1.88 bits per heavy atom. The van der Waals surface area contributed by atoms with Crippen LogP contribution < -0.4 is 14.8 Å². The topological polar surface area (TPSA) is 71.1 Å². The summed E-state index contributed by atoms with van der Waals surface area (Å²) in [4.78, 5) is 28.1. The van der Waals surface area contributed by atoms with Gasteiger partial charge in [0.25, 0.3) is 0 Å². The van der Waals surface area contributed by atoms with Gasteiger partial charge in [0.1, 0.15) is 12.7 Å². The number of piperazine rings is 1. The van der Waals surface area contributed by atoms with E-state index in [0.29, 0.717) is 31.2 Å². The number of hydrogen-bond acceptors (Lipinski definition) is 5. The lowest BCUT2D eigenvalue weighted by atomic mass is 10.2. The standard InChI is InChI=1S/C17H23N3O4/c1-2-19-7-9-20(10-8-19)17(22)16(21)18-11-13-12-23-14-5-3-4-6-15(14)24-13/h3-6,13H,2,7-12H2,1H3,(H,18,21). The Morgan fingerprint density at radius 3 is 2.58 bits per heavy atom. The third-order valence-electron chi connectivity index (χ3n) is 4.36. The van der Waals surface area contributed by atoms with Crippen molar-refractivity contribution in [1.29, 1.82) is 0 Å². The Morgan fingerprint density at radius 1 is 1.17 bits per heavy atom. The van der Waals surface area contributed by atoms with Gasteiger partial charge in [-0.1, -0.05) is 19.1 Å². The van der Waals surface area contributed by atoms with Crippen LogP contribution in [0.2, 0.25) is 0 Å². The minimum atomic E-state index is -0.581. The molecular weight excluding hydrogens is 310 g/mol. The van der Waals surface area contributed by atoms with Crippen molar-refractivity contribution in [3.8, 4) is 11.5 Å². The van der Waals surface area contributed by atoms with Crippen LogP contribution in [0.1, 0.15) is 6.92 Å². The lowest BCUT2D eigenvalue weighted by Gasteiger charge is -2.33. The fourth-order valence-corrected chi connectivity index (χ4v) is 2.86. The summed E-state index contributed by atoms with van der Waals surface area (Å²) in [5, 5.41) is 2.66. The number of nitrogens with zero attached hydrogens (tertiary/aromatic N) is 2. The number of rotatable bonds is 3. The second-order valence-electron chi connectivity index (χ2n) is 5.93. The molecule has 1 unspecified atom stereocenters. The van der Waals surface area contributed by atoms with Gasteiger partial charge in [0.05, 0.1) is 6.54 Å². The third kappa shape index (κ3) is 3.79. The molecule has 130 valence electrons. The van der Waals surface area contributed by atoms with Crippen LogP contribution in [-0.4, -0.2) is 73.6 Å². The first-order chi connectivity index (χ1) is 11.7. The van der Waals surface area contributed by atoms with Crippen LogP contribution in [0.3, 0.4) is 0 Å². The summed E-state index contributed by atoms with van der Waals surface area (Å²) in [5.41, 5.74) is 0. The molecule has 3 rings (SSSR count). The average molecular weight is 333 g/mol. The highest BCUT2D eigenvalue weighted by atomic mass is 16.6. The number of likely N-dealkylation sites (N-methyl/N-ethyl adjacent to an activating group) is 1. The lowest BCUT2D eigenvalue weighted by Crippen LogP contribution is -2.53. The number of carbonyl (C=O) groups is 2. The van der Waals surface area contributed by atoms with Crippen molar-refractivity contribution in [2.75, 3.05) is 45.9 Å². The molecule has 2 amide bonds. The van der Waals surface area contributed by atoms with Crippen LogP contribution in [0.15, 0.2) is 24.3 Å². The van der Waals surface area contributed by atoms with Gasteiger partial charge in [-0.2, -0.15) is 0 Å². The SMILES string of the molecule is CCN1CCN(C(=O)C(=O)NCC2COc3ccccc3O2)CC1. The molecule has 2 aliphatic heterocycles. The van der Waals surface area contributed by atoms with Gasteiger partial charge in [0, 0.05) is 26.2 Å². The Hall–Kier alpha value is -2.28. The molecule has 1 fully saturated rings. The zero-order valence-corrected chi connectivity index (χ0v) is 13.9. The van der Waals surface area contributed by atoms with Crippen LogP contribution >= 0.6 is 0 Å². The third-order valence-corrected chi connectivity index (χ3v) is 4.36. The number of ether oxygens (including phenoxy) is 2. The van der Waals surface area contributed by atoms with Crippen molar-refractivity contribution in [3.63, 3.8) is 0 Å². The zero-order valence-electron chi connectivity index (χ0n) is 13.9. The molecule has 0 bridgehead atoms. The quantitative estimate of drug-likeness (QED) is 0.795. The molecule has 2 heterocycles. The van der Waals surface area contributed by atoms with E-state index < -0.39 is 11.8 Å². The summed E-state index contributed by atoms with van der Waals surface area (Å²) < 4.78 is 11.4. The number of fused-ring (bicyclic) bond motifs is 1. The maximum absolute atomic E-state index is 12.2. The van der Waals surface area contributed by atoms with E-state index in [1.807, 2.05) is 24.3 Å². The maximum Gasteiger partial charge on any atom is 0.311 e. The fraction of sp³-hybridized carbons (Fsp3) is 0.529. The number of para-hydroxylation sites is 2. The zero-order chi connectivity index (χ0) is 16.9. The lowest BCUT2D eigenvalue weighted by molar-refractivity contribution is -0.147. The van der Waals surface area contributed by atoms with Gasteiger partial charge in [-0.15, -0.1) is 0 Å². The summed E-state index contributed by atoms with van der Waals surface area (Å²) in [6, 6.07) is 7.40. The Bertz CT molecular complexity index is 599. The summed E-state index contributed by atoms with van der Waals surface area (Å²) in [7, 11) is 0. The van der Waals surface area contributed by atoms with Gasteiger partial charge in [0.2, 0.25) is 0 Å². The van der Waals surface area contributed by atoms with Crippen LogP contribution in [-0.2, 0) is 9.59 Å². The summed E-state index contributed by atoms with van der Waals surface area (Å²) >= 11 is 0. The van der Waals surface area contributed by atoms with Crippen LogP contribution in [0, 0.1) is 0 Å². The summed E-state index contributed by atoms with van der Waals surface area (Å²) in [6.07, 6.45) is -0.298. The molecule has 0 radical (unpaired) electrons. The van der Waals surface area contributed by atoms with E-state index in [1.165, 1.54) is 0 Å². The second-order valence-corrected chi connectivity index (χ2v) is 5.93. The van der Waals surface area contributed by atoms with Crippen molar-refractivity contribution >= 4 is 11.8 Å². The monoisotopic (exact) mass is 333 g/mol. The van der Waals surface area contributed by atoms with Crippen molar-refractivity contribution in [2.24, 2.45) is 0 Å². The van der Waals surface area contributed by atoms with Gasteiger partial charge in [-0.05, 0) is 18.7 Å². The van der Waals surface area contributed by atoms with Crippen molar-refractivity contribution < 1.29 is 19.1 Å². The average Bonchev–Trinajstić information content (AvgIpc) is 2.65. The number of amides is 2. The van der Waals surface area contributed by atoms with Gasteiger partial charge < -0.3 is 24.6 Å². The highest BCUT2D eigenvalue weighted by Crippen LogP contribution is 2.30.